The molecule has 3 rings (SSSR count). The maximum Gasteiger partial charge on any atom is 0.241 e. The number of halogens is 2. The van der Waals surface area contributed by atoms with Crippen LogP contribution in [0.1, 0.15) is 18.1 Å². The van der Waals surface area contributed by atoms with Crippen molar-refractivity contribution >= 4 is 35.6 Å². The number of carbonyl (C=O) groups excluding carboxylic acids is 1. The molecule has 24 heavy (non-hydrogen) atoms. The SMILES string of the molecule is CCOc1ccc(NC(=O)C2Cc3ccccc3CN2)cc1Cl.Cl. The fraction of sp³-hybridized carbons (Fsp3) is 0.278. The Bertz CT molecular complexity index is 722. The number of ether oxygens (including phenoxy) is 1. The number of rotatable bonds is 4. The van der Waals surface area contributed by atoms with Gasteiger partial charge in [-0.1, -0.05) is 35.9 Å². The summed E-state index contributed by atoms with van der Waals surface area (Å²) in [7, 11) is 0. The Balaban J connectivity index is 0.00000208. The summed E-state index contributed by atoms with van der Waals surface area (Å²) in [4.78, 5) is 12.5. The largest absolute Gasteiger partial charge is 0.492 e. The molecule has 2 aromatic carbocycles. The van der Waals surface area contributed by atoms with Gasteiger partial charge in [-0.15, -0.1) is 12.4 Å². The van der Waals surface area contributed by atoms with Gasteiger partial charge in [0.15, 0.2) is 0 Å². The minimum Gasteiger partial charge on any atom is -0.492 e. The zero-order valence-electron chi connectivity index (χ0n) is 13.3. The minimum absolute atomic E-state index is 0. The molecule has 1 unspecified atom stereocenters. The number of benzene rings is 2. The molecule has 0 aliphatic carbocycles. The van der Waals surface area contributed by atoms with Gasteiger partial charge in [0.1, 0.15) is 5.75 Å². The van der Waals surface area contributed by atoms with Crippen LogP contribution in [0.3, 0.4) is 0 Å². The summed E-state index contributed by atoms with van der Waals surface area (Å²) in [6.07, 6.45) is 0.687. The summed E-state index contributed by atoms with van der Waals surface area (Å²) in [5.41, 5.74) is 3.14. The number of hydrogen-bond acceptors (Lipinski definition) is 3. The molecule has 1 atom stereocenters. The van der Waals surface area contributed by atoms with Gasteiger partial charge in [0.05, 0.1) is 17.7 Å². The van der Waals surface area contributed by atoms with Gasteiger partial charge in [-0.3, -0.25) is 4.79 Å². The van der Waals surface area contributed by atoms with Crippen LogP contribution >= 0.6 is 24.0 Å². The van der Waals surface area contributed by atoms with Crippen molar-refractivity contribution in [1.29, 1.82) is 0 Å². The van der Waals surface area contributed by atoms with Crippen LogP contribution in [0.15, 0.2) is 42.5 Å². The molecule has 4 nitrogen and oxygen atoms in total. The average molecular weight is 367 g/mol. The molecule has 6 heteroatoms. The first kappa shape index (κ1) is 18.6. The second-order valence-corrected chi connectivity index (χ2v) is 5.88. The Morgan fingerprint density at radius 1 is 1.29 bits per heavy atom. The molecule has 2 aromatic rings. The number of amides is 1. The highest BCUT2D eigenvalue weighted by Crippen LogP contribution is 2.28. The van der Waals surface area contributed by atoms with E-state index in [4.69, 9.17) is 16.3 Å². The maximum absolute atomic E-state index is 12.5. The van der Waals surface area contributed by atoms with Gasteiger partial charge in [0, 0.05) is 12.2 Å². The fourth-order valence-corrected chi connectivity index (χ4v) is 2.96. The van der Waals surface area contributed by atoms with Gasteiger partial charge in [-0.2, -0.15) is 0 Å². The highest BCUT2D eigenvalue weighted by atomic mass is 35.5. The molecule has 1 heterocycles. The zero-order valence-corrected chi connectivity index (χ0v) is 14.9. The van der Waals surface area contributed by atoms with Crippen LogP contribution in [-0.4, -0.2) is 18.6 Å². The average Bonchev–Trinajstić information content (AvgIpc) is 2.57. The molecular weight excluding hydrogens is 347 g/mol. The Kier molecular flexibility index (Phi) is 6.49. The Hall–Kier alpha value is -1.75. The Labute approximate surface area is 153 Å². The highest BCUT2D eigenvalue weighted by Gasteiger charge is 2.24. The van der Waals surface area contributed by atoms with Crippen LogP contribution in [0.5, 0.6) is 5.75 Å². The molecule has 0 saturated heterocycles. The molecule has 1 aliphatic rings. The number of nitrogens with one attached hydrogen (secondary N) is 2. The number of anilines is 1. The van der Waals surface area contributed by atoms with E-state index in [0.717, 1.165) is 0 Å². The third kappa shape index (κ3) is 4.20. The van der Waals surface area contributed by atoms with Gasteiger partial charge in [0.2, 0.25) is 5.91 Å². The van der Waals surface area contributed by atoms with Crippen molar-refractivity contribution in [3.63, 3.8) is 0 Å². The van der Waals surface area contributed by atoms with Crippen molar-refractivity contribution in [2.24, 2.45) is 0 Å². The summed E-state index contributed by atoms with van der Waals surface area (Å²) in [6.45, 7) is 3.16. The van der Waals surface area contributed by atoms with Crippen molar-refractivity contribution in [2.75, 3.05) is 11.9 Å². The second-order valence-electron chi connectivity index (χ2n) is 5.47. The lowest BCUT2D eigenvalue weighted by molar-refractivity contribution is -0.118. The molecule has 0 radical (unpaired) electrons. The molecule has 1 amide bonds. The van der Waals surface area contributed by atoms with Gasteiger partial charge in [-0.05, 0) is 42.7 Å². The molecule has 0 spiro atoms. The van der Waals surface area contributed by atoms with Gasteiger partial charge in [-0.25, -0.2) is 0 Å². The molecule has 2 N–H and O–H groups in total. The van der Waals surface area contributed by atoms with Crippen LogP contribution in [-0.2, 0) is 17.8 Å². The second kappa shape index (κ2) is 8.38. The Morgan fingerprint density at radius 3 is 2.75 bits per heavy atom. The third-order valence-electron chi connectivity index (χ3n) is 3.90. The summed E-state index contributed by atoms with van der Waals surface area (Å²) in [5, 5.41) is 6.68. The van der Waals surface area contributed by atoms with Crippen molar-refractivity contribution in [1.82, 2.24) is 5.32 Å². The molecule has 0 saturated carbocycles. The number of fused-ring (bicyclic) bond motifs is 1. The van der Waals surface area contributed by atoms with E-state index < -0.39 is 0 Å². The van der Waals surface area contributed by atoms with Crippen LogP contribution < -0.4 is 15.4 Å². The molecule has 128 valence electrons. The molecule has 1 aliphatic heterocycles. The lowest BCUT2D eigenvalue weighted by atomic mass is 9.95. The van der Waals surface area contributed by atoms with E-state index >= 15 is 0 Å². The van der Waals surface area contributed by atoms with Crippen molar-refractivity contribution in [3.8, 4) is 5.75 Å². The zero-order chi connectivity index (χ0) is 16.2. The first-order chi connectivity index (χ1) is 11.2. The van der Waals surface area contributed by atoms with Crippen LogP contribution in [0.4, 0.5) is 5.69 Å². The smallest absolute Gasteiger partial charge is 0.241 e. The summed E-state index contributed by atoms with van der Waals surface area (Å²) in [5.74, 6) is 0.566. The maximum atomic E-state index is 12.5. The van der Waals surface area contributed by atoms with Gasteiger partial charge < -0.3 is 15.4 Å². The standard InChI is InChI=1S/C18H19ClN2O2.ClH/c1-2-23-17-8-7-14(10-15(17)19)21-18(22)16-9-12-5-3-4-6-13(12)11-20-16;/h3-8,10,16,20H,2,9,11H2,1H3,(H,21,22);1H. The predicted octanol–water partition coefficient (Wildman–Crippen LogP) is 3.81. The van der Waals surface area contributed by atoms with E-state index in [1.165, 1.54) is 11.1 Å². The predicted molar refractivity (Wildman–Crippen MR) is 99.3 cm³/mol. The van der Waals surface area contributed by atoms with Crippen molar-refractivity contribution < 1.29 is 9.53 Å². The van der Waals surface area contributed by atoms with E-state index in [0.29, 0.717) is 36.0 Å². The van der Waals surface area contributed by atoms with Gasteiger partial charge >= 0.3 is 0 Å². The summed E-state index contributed by atoms with van der Waals surface area (Å²) >= 11 is 6.15. The molecular formula is C18H20Cl2N2O2. The lowest BCUT2D eigenvalue weighted by Crippen LogP contribution is -2.44. The first-order valence-electron chi connectivity index (χ1n) is 7.70. The van der Waals surface area contributed by atoms with E-state index in [9.17, 15) is 4.79 Å². The van der Waals surface area contributed by atoms with Crippen molar-refractivity contribution in [3.05, 3.63) is 58.6 Å². The van der Waals surface area contributed by atoms with Crippen LogP contribution in [0.25, 0.3) is 0 Å². The van der Waals surface area contributed by atoms with E-state index in [1.54, 1.807) is 18.2 Å². The quantitative estimate of drug-likeness (QED) is 0.864. The van der Waals surface area contributed by atoms with Crippen LogP contribution in [0.2, 0.25) is 5.02 Å². The number of hydrogen-bond donors (Lipinski definition) is 2. The molecule has 0 fully saturated rings. The normalized spacial score (nSPS) is 15.8. The first-order valence-corrected chi connectivity index (χ1v) is 8.08. The lowest BCUT2D eigenvalue weighted by Gasteiger charge is -2.25. The van der Waals surface area contributed by atoms with Gasteiger partial charge in [0.25, 0.3) is 0 Å². The van der Waals surface area contributed by atoms with Crippen LogP contribution in [0, 0.1) is 0 Å². The third-order valence-corrected chi connectivity index (χ3v) is 4.19. The van der Waals surface area contributed by atoms with Crippen molar-refractivity contribution in [2.45, 2.75) is 25.9 Å². The Morgan fingerprint density at radius 2 is 2.04 bits per heavy atom. The van der Waals surface area contributed by atoms with E-state index in [1.807, 2.05) is 19.1 Å². The topological polar surface area (TPSA) is 50.4 Å². The summed E-state index contributed by atoms with van der Waals surface area (Å²) < 4.78 is 5.39. The molecule has 0 aromatic heterocycles. The fourth-order valence-electron chi connectivity index (χ4n) is 2.72. The minimum atomic E-state index is -0.241. The number of carbonyl (C=O) groups is 1. The monoisotopic (exact) mass is 366 g/mol. The molecule has 0 bridgehead atoms. The summed E-state index contributed by atoms with van der Waals surface area (Å²) in [6, 6.07) is 13.2. The highest BCUT2D eigenvalue weighted by molar-refractivity contribution is 6.32. The van der Waals surface area contributed by atoms with E-state index in [2.05, 4.69) is 22.8 Å². The van der Waals surface area contributed by atoms with E-state index in [-0.39, 0.29) is 24.4 Å².